The van der Waals surface area contributed by atoms with Gasteiger partial charge in [0, 0.05) is 43.8 Å². The summed E-state index contributed by atoms with van der Waals surface area (Å²) in [6, 6.07) is 7.69. The molecule has 1 saturated heterocycles. The first-order valence-electron chi connectivity index (χ1n) is 11.3. The molecule has 1 aromatic heterocycles. The lowest BCUT2D eigenvalue weighted by molar-refractivity contribution is -0.134. The molecule has 176 valence electrons. The van der Waals surface area contributed by atoms with Crippen molar-refractivity contribution in [1.82, 2.24) is 9.88 Å². The number of carboxylic acids is 1. The molecular formula is C25H30FN3O4. The zero-order valence-corrected chi connectivity index (χ0v) is 19.3. The molecule has 0 bridgehead atoms. The van der Waals surface area contributed by atoms with Crippen LogP contribution in [0.15, 0.2) is 30.3 Å². The Hall–Kier alpha value is -3.00. The van der Waals surface area contributed by atoms with E-state index in [1.54, 1.807) is 25.3 Å². The Balaban J connectivity index is 1.70. The molecule has 2 aliphatic rings. The van der Waals surface area contributed by atoms with E-state index in [0.29, 0.717) is 38.5 Å². The van der Waals surface area contributed by atoms with Gasteiger partial charge in [-0.1, -0.05) is 19.1 Å². The predicted octanol–water partition coefficient (Wildman–Crippen LogP) is 3.71. The average Bonchev–Trinajstić information content (AvgIpc) is 3.55. The van der Waals surface area contributed by atoms with Crippen molar-refractivity contribution in [3.05, 3.63) is 47.4 Å². The van der Waals surface area contributed by atoms with E-state index in [1.807, 2.05) is 16.7 Å². The van der Waals surface area contributed by atoms with Gasteiger partial charge in [-0.05, 0) is 43.5 Å². The highest BCUT2D eigenvalue weighted by molar-refractivity contribution is 5.95. The molecule has 0 spiro atoms. The third-order valence-corrected chi connectivity index (χ3v) is 6.73. The van der Waals surface area contributed by atoms with Crippen molar-refractivity contribution in [2.75, 3.05) is 38.3 Å². The Bertz CT molecular complexity index is 1050. The van der Waals surface area contributed by atoms with Crippen LogP contribution in [0, 0.1) is 5.82 Å². The van der Waals surface area contributed by atoms with Gasteiger partial charge in [-0.2, -0.15) is 0 Å². The molecule has 4 rings (SSSR count). The van der Waals surface area contributed by atoms with Crippen LogP contribution in [-0.4, -0.2) is 66.3 Å². The first-order chi connectivity index (χ1) is 15.7. The summed E-state index contributed by atoms with van der Waals surface area (Å²) in [5, 5.41) is 10.0. The fraction of sp³-hybridized carbons (Fsp3) is 0.480. The zero-order valence-electron chi connectivity index (χ0n) is 19.3. The Morgan fingerprint density at radius 2 is 1.94 bits per heavy atom. The molecule has 1 unspecified atom stereocenters. The number of rotatable bonds is 7. The number of carbonyl (C=O) groups excluding carboxylic acids is 1. The van der Waals surface area contributed by atoms with E-state index in [9.17, 15) is 19.1 Å². The zero-order chi connectivity index (χ0) is 23.8. The number of aromatic nitrogens is 1. The molecule has 8 heteroatoms. The van der Waals surface area contributed by atoms with Gasteiger partial charge in [0.1, 0.15) is 17.2 Å². The second kappa shape index (κ2) is 9.09. The molecule has 33 heavy (non-hydrogen) atoms. The molecule has 1 atom stereocenters. The summed E-state index contributed by atoms with van der Waals surface area (Å²) in [4.78, 5) is 33.5. The Morgan fingerprint density at radius 3 is 2.52 bits per heavy atom. The first-order valence-corrected chi connectivity index (χ1v) is 11.3. The summed E-state index contributed by atoms with van der Waals surface area (Å²) >= 11 is 0. The van der Waals surface area contributed by atoms with Crippen LogP contribution in [0.1, 0.15) is 49.2 Å². The lowest BCUT2D eigenvalue weighted by atomic mass is 9.92. The summed E-state index contributed by atoms with van der Waals surface area (Å²) in [6.45, 7) is 5.97. The minimum atomic E-state index is -1.06. The number of methoxy groups -OCH3 is 1. The van der Waals surface area contributed by atoms with Gasteiger partial charge in [-0.15, -0.1) is 0 Å². The van der Waals surface area contributed by atoms with Crippen molar-refractivity contribution in [2.24, 2.45) is 0 Å². The predicted molar refractivity (Wildman–Crippen MR) is 123 cm³/mol. The van der Waals surface area contributed by atoms with E-state index in [2.05, 4.69) is 6.92 Å². The molecule has 1 aromatic carbocycles. The Labute approximate surface area is 193 Å². The van der Waals surface area contributed by atoms with Crippen LogP contribution in [0.3, 0.4) is 0 Å². The number of ether oxygens (including phenoxy) is 1. The van der Waals surface area contributed by atoms with Crippen LogP contribution in [-0.2, 0) is 14.9 Å². The van der Waals surface area contributed by atoms with E-state index < -0.39 is 5.97 Å². The maximum Gasteiger partial charge on any atom is 0.339 e. The fourth-order valence-electron chi connectivity index (χ4n) is 4.49. The highest BCUT2D eigenvalue weighted by atomic mass is 19.1. The van der Waals surface area contributed by atoms with Gasteiger partial charge in [0.25, 0.3) is 0 Å². The summed E-state index contributed by atoms with van der Waals surface area (Å²) in [6.07, 6.45) is 2.27. The normalized spacial score (nSPS) is 19.5. The molecule has 1 aliphatic carbocycles. The number of hydrogen-bond donors (Lipinski definition) is 1. The quantitative estimate of drug-likeness (QED) is 0.685. The number of halogens is 1. The van der Waals surface area contributed by atoms with Crippen LogP contribution >= 0.6 is 0 Å². The minimum absolute atomic E-state index is 0.0354. The largest absolute Gasteiger partial charge is 0.478 e. The van der Waals surface area contributed by atoms with Crippen molar-refractivity contribution in [3.8, 4) is 11.1 Å². The number of anilines is 1. The number of nitrogens with zero attached hydrogens (tertiary/aromatic N) is 3. The second-order valence-electron chi connectivity index (χ2n) is 9.25. The van der Waals surface area contributed by atoms with Crippen LogP contribution < -0.4 is 4.90 Å². The topological polar surface area (TPSA) is 83.0 Å². The van der Waals surface area contributed by atoms with Crippen LogP contribution in [0.25, 0.3) is 11.1 Å². The van der Waals surface area contributed by atoms with Crippen molar-refractivity contribution in [1.29, 1.82) is 0 Å². The van der Waals surface area contributed by atoms with Gasteiger partial charge >= 0.3 is 5.97 Å². The second-order valence-corrected chi connectivity index (χ2v) is 9.25. The van der Waals surface area contributed by atoms with E-state index in [1.165, 1.54) is 12.1 Å². The molecule has 1 amide bonds. The molecule has 0 radical (unpaired) electrons. The van der Waals surface area contributed by atoms with E-state index in [0.717, 1.165) is 29.7 Å². The monoisotopic (exact) mass is 455 g/mol. The number of amides is 1. The standard InChI is InChI=1S/C25H30FN3O4/c1-16-15-28(11-12-29(16)21(30)8-13-33-3)23-20(24(31)32)14-19(17-4-6-18(26)7-5-17)22(27-23)25(2)9-10-25/h4-7,14,16H,8-13,15H2,1-3H3,(H,31,32). The molecule has 1 saturated carbocycles. The van der Waals surface area contributed by atoms with Gasteiger partial charge < -0.3 is 19.6 Å². The summed E-state index contributed by atoms with van der Waals surface area (Å²) in [5.74, 6) is -0.923. The lowest BCUT2D eigenvalue weighted by Gasteiger charge is -2.41. The van der Waals surface area contributed by atoms with Crippen molar-refractivity contribution in [2.45, 2.75) is 44.6 Å². The highest BCUT2D eigenvalue weighted by Crippen LogP contribution is 2.50. The molecule has 2 fully saturated rings. The van der Waals surface area contributed by atoms with Gasteiger partial charge in [-0.3, -0.25) is 4.79 Å². The van der Waals surface area contributed by atoms with Gasteiger partial charge in [0.05, 0.1) is 18.7 Å². The molecule has 2 aromatic rings. The van der Waals surface area contributed by atoms with Crippen molar-refractivity contribution in [3.63, 3.8) is 0 Å². The van der Waals surface area contributed by atoms with Crippen LogP contribution in [0.4, 0.5) is 10.2 Å². The van der Waals surface area contributed by atoms with Gasteiger partial charge in [0.2, 0.25) is 5.91 Å². The molecule has 7 nitrogen and oxygen atoms in total. The summed E-state index contributed by atoms with van der Waals surface area (Å²) in [5.41, 5.74) is 2.33. The number of carbonyl (C=O) groups is 2. The number of benzene rings is 1. The summed E-state index contributed by atoms with van der Waals surface area (Å²) in [7, 11) is 1.57. The number of pyridine rings is 1. The fourth-order valence-corrected chi connectivity index (χ4v) is 4.49. The molecule has 1 aliphatic heterocycles. The van der Waals surface area contributed by atoms with Gasteiger partial charge in [-0.25, -0.2) is 14.2 Å². The van der Waals surface area contributed by atoms with Crippen LogP contribution in [0.2, 0.25) is 0 Å². The first kappa shape index (κ1) is 23.2. The minimum Gasteiger partial charge on any atom is -0.478 e. The third-order valence-electron chi connectivity index (χ3n) is 6.73. The maximum atomic E-state index is 13.5. The number of aromatic carboxylic acids is 1. The number of hydrogen-bond acceptors (Lipinski definition) is 5. The number of carboxylic acid groups (broad SMARTS) is 1. The van der Waals surface area contributed by atoms with Crippen LogP contribution in [0.5, 0.6) is 0 Å². The maximum absolute atomic E-state index is 13.5. The van der Waals surface area contributed by atoms with E-state index in [4.69, 9.17) is 9.72 Å². The average molecular weight is 456 g/mol. The SMILES string of the molecule is COCCC(=O)N1CCN(c2nc(C3(C)CC3)c(-c3ccc(F)cc3)cc2C(=O)O)CC1C. The molecule has 2 heterocycles. The number of piperazine rings is 1. The van der Waals surface area contributed by atoms with Crippen molar-refractivity contribution < 1.29 is 23.8 Å². The smallest absolute Gasteiger partial charge is 0.339 e. The molecule has 1 N–H and O–H groups in total. The lowest BCUT2D eigenvalue weighted by Crippen LogP contribution is -2.54. The Morgan fingerprint density at radius 1 is 1.24 bits per heavy atom. The highest BCUT2D eigenvalue weighted by Gasteiger charge is 2.43. The van der Waals surface area contributed by atoms with E-state index >= 15 is 0 Å². The van der Waals surface area contributed by atoms with E-state index in [-0.39, 0.29) is 28.7 Å². The van der Waals surface area contributed by atoms with Crippen molar-refractivity contribution >= 4 is 17.7 Å². The Kier molecular flexibility index (Phi) is 6.38. The summed E-state index contributed by atoms with van der Waals surface area (Å²) < 4.78 is 18.5. The molecular weight excluding hydrogens is 425 g/mol. The van der Waals surface area contributed by atoms with Gasteiger partial charge in [0.15, 0.2) is 0 Å². The third kappa shape index (κ3) is 4.71.